The van der Waals surface area contributed by atoms with E-state index in [1.54, 1.807) is 42.5 Å². The topological polar surface area (TPSA) is 51.2 Å². The van der Waals surface area contributed by atoms with Gasteiger partial charge in [-0.25, -0.2) is 8.42 Å². The van der Waals surface area contributed by atoms with Crippen LogP contribution in [0.2, 0.25) is 0 Å². The summed E-state index contributed by atoms with van der Waals surface area (Å²) in [5.74, 6) is -0.272. The number of hydrogen-bond acceptors (Lipinski definition) is 4. The number of carbonyl (C=O) groups excluding carboxylic acids is 1. The van der Waals surface area contributed by atoms with E-state index in [1.165, 1.54) is 12.1 Å². The molecule has 0 N–H and O–H groups in total. The van der Waals surface area contributed by atoms with Crippen molar-refractivity contribution in [2.45, 2.75) is 4.90 Å². The Morgan fingerprint density at radius 3 is 2.00 bits per heavy atom. The van der Waals surface area contributed by atoms with Gasteiger partial charge in [-0.2, -0.15) is 0 Å². The quantitative estimate of drug-likeness (QED) is 0.628. The Morgan fingerprint density at radius 2 is 1.42 bits per heavy atom. The van der Waals surface area contributed by atoms with Gasteiger partial charge >= 0.3 is 0 Å². The molecular formula is C14H12O3S2. The Hall–Kier alpha value is -1.59. The Balaban J connectivity index is 2.05. The van der Waals surface area contributed by atoms with E-state index in [0.717, 1.165) is 0 Å². The maximum absolute atomic E-state index is 12.0. The molecule has 0 atom stereocenters. The average Bonchev–Trinajstić information content (AvgIpc) is 2.47. The molecule has 0 amide bonds. The lowest BCUT2D eigenvalue weighted by atomic mass is 10.2. The van der Waals surface area contributed by atoms with Gasteiger partial charge in [-0.1, -0.05) is 48.5 Å². The highest BCUT2D eigenvalue weighted by Gasteiger charge is 2.17. The number of carbonyl (C=O) groups is 1. The van der Waals surface area contributed by atoms with Crippen LogP contribution in [0.15, 0.2) is 65.6 Å². The van der Waals surface area contributed by atoms with E-state index < -0.39 is 8.87 Å². The first-order valence-electron chi connectivity index (χ1n) is 5.62. The number of Topliss-reactive ketones (excluding diaryl/α,β-unsaturated/α-hetero) is 1. The van der Waals surface area contributed by atoms with Gasteiger partial charge in [0.25, 0.3) is 0 Å². The molecule has 0 aromatic heterocycles. The minimum atomic E-state index is -3.47. The molecule has 0 saturated carbocycles. The molecule has 19 heavy (non-hydrogen) atoms. The molecule has 0 radical (unpaired) electrons. The molecule has 2 aromatic rings. The molecular weight excluding hydrogens is 280 g/mol. The van der Waals surface area contributed by atoms with Gasteiger partial charge in [0.15, 0.2) is 5.78 Å². The first-order valence-corrected chi connectivity index (χ1v) is 8.61. The molecule has 0 aliphatic carbocycles. The largest absolute Gasteiger partial charge is 0.293 e. The van der Waals surface area contributed by atoms with Crippen LogP contribution in [0, 0.1) is 0 Å². The third kappa shape index (κ3) is 3.68. The van der Waals surface area contributed by atoms with Crippen LogP contribution in [0.25, 0.3) is 0 Å². The summed E-state index contributed by atoms with van der Waals surface area (Å²) in [5, 5.41) is 0. The molecule has 0 aliphatic rings. The van der Waals surface area contributed by atoms with Gasteiger partial charge in [0.2, 0.25) is 8.87 Å². The summed E-state index contributed by atoms with van der Waals surface area (Å²) in [6.45, 7) is 0. The van der Waals surface area contributed by atoms with Crippen molar-refractivity contribution < 1.29 is 13.2 Å². The zero-order valence-electron chi connectivity index (χ0n) is 10.0. The SMILES string of the molecule is O=C(CSS(=O)(=O)c1ccccc1)c1ccccc1. The standard InChI is InChI=1S/C14H12O3S2/c15-14(12-7-3-1-4-8-12)11-18-19(16,17)13-9-5-2-6-10-13/h1-10H,11H2. The summed E-state index contributed by atoms with van der Waals surface area (Å²) in [5.41, 5.74) is 0.526. The second-order valence-electron chi connectivity index (χ2n) is 3.82. The molecule has 0 unspecified atom stereocenters. The van der Waals surface area contributed by atoms with Crippen LogP contribution in [0.1, 0.15) is 10.4 Å². The lowest BCUT2D eigenvalue weighted by Crippen LogP contribution is -2.05. The van der Waals surface area contributed by atoms with Crippen LogP contribution in [0.4, 0.5) is 0 Å². The van der Waals surface area contributed by atoms with Crippen molar-refractivity contribution in [2.75, 3.05) is 5.75 Å². The molecule has 0 spiro atoms. The van der Waals surface area contributed by atoms with Crippen LogP contribution >= 0.6 is 10.8 Å². The second kappa shape index (κ2) is 6.04. The van der Waals surface area contributed by atoms with E-state index in [0.29, 0.717) is 16.4 Å². The van der Waals surface area contributed by atoms with E-state index >= 15 is 0 Å². The molecule has 0 aliphatic heterocycles. The fraction of sp³-hybridized carbons (Fsp3) is 0.0714. The van der Waals surface area contributed by atoms with Gasteiger partial charge in [0.1, 0.15) is 0 Å². The van der Waals surface area contributed by atoms with E-state index in [1.807, 2.05) is 6.07 Å². The van der Waals surface area contributed by atoms with Crippen molar-refractivity contribution in [1.29, 1.82) is 0 Å². The maximum Gasteiger partial charge on any atom is 0.230 e. The van der Waals surface area contributed by atoms with E-state index in [9.17, 15) is 13.2 Å². The fourth-order valence-corrected chi connectivity index (χ4v) is 4.08. The molecule has 5 heteroatoms. The Labute approximate surface area is 116 Å². The zero-order chi connectivity index (χ0) is 13.7. The predicted molar refractivity (Wildman–Crippen MR) is 76.9 cm³/mol. The van der Waals surface area contributed by atoms with Gasteiger partial charge in [0, 0.05) is 5.56 Å². The summed E-state index contributed by atoms with van der Waals surface area (Å²) in [6.07, 6.45) is 0. The lowest BCUT2D eigenvalue weighted by Gasteiger charge is -2.03. The van der Waals surface area contributed by atoms with Gasteiger partial charge in [-0.15, -0.1) is 0 Å². The van der Waals surface area contributed by atoms with Crippen molar-refractivity contribution in [3.63, 3.8) is 0 Å². The summed E-state index contributed by atoms with van der Waals surface area (Å²) in [7, 11) is -2.81. The highest BCUT2D eigenvalue weighted by Crippen LogP contribution is 2.23. The first-order chi connectivity index (χ1) is 9.09. The van der Waals surface area contributed by atoms with Gasteiger partial charge in [-0.3, -0.25) is 4.79 Å². The van der Waals surface area contributed by atoms with Crippen LogP contribution in [-0.4, -0.2) is 20.0 Å². The second-order valence-corrected chi connectivity index (χ2v) is 7.75. The zero-order valence-corrected chi connectivity index (χ0v) is 11.7. The molecule has 0 heterocycles. The molecule has 0 saturated heterocycles. The molecule has 3 nitrogen and oxygen atoms in total. The van der Waals surface area contributed by atoms with Gasteiger partial charge < -0.3 is 0 Å². The highest BCUT2D eigenvalue weighted by atomic mass is 33.1. The molecule has 98 valence electrons. The molecule has 0 bridgehead atoms. The summed E-state index contributed by atoms with van der Waals surface area (Å²) in [6, 6.07) is 16.8. The van der Waals surface area contributed by atoms with Crippen molar-refractivity contribution in [3.05, 3.63) is 66.2 Å². The van der Waals surface area contributed by atoms with Gasteiger partial charge in [0.05, 0.1) is 10.6 Å². The molecule has 0 fully saturated rings. The third-order valence-corrected chi connectivity index (χ3v) is 5.87. The van der Waals surface area contributed by atoms with Crippen molar-refractivity contribution in [3.8, 4) is 0 Å². The third-order valence-electron chi connectivity index (χ3n) is 2.47. The van der Waals surface area contributed by atoms with Crippen LogP contribution < -0.4 is 0 Å². The lowest BCUT2D eigenvalue weighted by molar-refractivity contribution is 0.102. The average molecular weight is 292 g/mol. The van der Waals surface area contributed by atoms with Crippen LogP contribution in [-0.2, 0) is 8.87 Å². The normalized spacial score (nSPS) is 11.2. The van der Waals surface area contributed by atoms with Crippen molar-refractivity contribution >= 4 is 25.4 Å². The van der Waals surface area contributed by atoms with E-state index in [2.05, 4.69) is 0 Å². The summed E-state index contributed by atoms with van der Waals surface area (Å²) < 4.78 is 24.0. The summed E-state index contributed by atoms with van der Waals surface area (Å²) in [4.78, 5) is 12.1. The number of rotatable bonds is 5. The van der Waals surface area contributed by atoms with Crippen LogP contribution in [0.5, 0.6) is 0 Å². The first kappa shape index (κ1) is 13.8. The fourth-order valence-electron chi connectivity index (χ4n) is 1.49. The van der Waals surface area contributed by atoms with E-state index in [-0.39, 0.29) is 16.4 Å². The number of ketones is 1. The minimum Gasteiger partial charge on any atom is -0.293 e. The molecule has 2 rings (SSSR count). The number of benzene rings is 2. The monoisotopic (exact) mass is 292 g/mol. The highest BCUT2D eigenvalue weighted by molar-refractivity contribution is 8.72. The van der Waals surface area contributed by atoms with Crippen molar-refractivity contribution in [1.82, 2.24) is 0 Å². The van der Waals surface area contributed by atoms with Gasteiger partial charge in [-0.05, 0) is 22.9 Å². The van der Waals surface area contributed by atoms with Crippen molar-refractivity contribution in [2.24, 2.45) is 0 Å². The Bertz CT molecular complexity index is 650. The Morgan fingerprint density at radius 1 is 0.895 bits per heavy atom. The maximum atomic E-state index is 12.0. The summed E-state index contributed by atoms with van der Waals surface area (Å²) >= 11 is 0. The molecule has 2 aromatic carbocycles. The predicted octanol–water partition coefficient (Wildman–Crippen LogP) is 2.99. The smallest absolute Gasteiger partial charge is 0.230 e. The Kier molecular flexibility index (Phi) is 4.39. The van der Waals surface area contributed by atoms with E-state index in [4.69, 9.17) is 0 Å². The van der Waals surface area contributed by atoms with Crippen LogP contribution in [0.3, 0.4) is 0 Å². The minimum absolute atomic E-state index is 0.0821. The number of hydrogen-bond donors (Lipinski definition) is 0.